The van der Waals surface area contributed by atoms with E-state index in [1.54, 1.807) is 6.20 Å². The number of benzene rings is 2. The van der Waals surface area contributed by atoms with E-state index in [0.717, 1.165) is 31.7 Å². The van der Waals surface area contributed by atoms with Gasteiger partial charge in [0.2, 0.25) is 0 Å². The van der Waals surface area contributed by atoms with Gasteiger partial charge in [0.05, 0.1) is 17.6 Å². The lowest BCUT2D eigenvalue weighted by molar-refractivity contribution is 0.198. The van der Waals surface area contributed by atoms with Crippen molar-refractivity contribution < 1.29 is 4.39 Å². The Balaban J connectivity index is 1.48. The molecule has 0 spiro atoms. The van der Waals surface area contributed by atoms with Gasteiger partial charge in [-0.25, -0.2) is 4.39 Å². The molecule has 1 saturated heterocycles. The fraction of sp³-hybridized carbons (Fsp3) is 0.273. The van der Waals surface area contributed by atoms with E-state index in [9.17, 15) is 9.18 Å². The van der Waals surface area contributed by atoms with Crippen LogP contribution in [0.3, 0.4) is 0 Å². The molecular formula is C22H22ClFN4O. The van der Waals surface area contributed by atoms with E-state index >= 15 is 0 Å². The van der Waals surface area contributed by atoms with Gasteiger partial charge < -0.3 is 4.90 Å². The molecule has 1 unspecified atom stereocenters. The van der Waals surface area contributed by atoms with Gasteiger partial charge in [0.25, 0.3) is 5.56 Å². The molecule has 1 fully saturated rings. The number of nitrogens with zero attached hydrogens (tertiary/aromatic N) is 4. The Hall–Kier alpha value is -2.70. The third kappa shape index (κ3) is 4.04. The van der Waals surface area contributed by atoms with Crippen molar-refractivity contribution in [3.63, 3.8) is 0 Å². The van der Waals surface area contributed by atoms with Crippen molar-refractivity contribution in [1.82, 2.24) is 14.7 Å². The maximum absolute atomic E-state index is 13.2. The predicted octanol–water partition coefficient (Wildman–Crippen LogP) is 3.91. The fourth-order valence-electron chi connectivity index (χ4n) is 3.70. The molecule has 1 aliphatic heterocycles. The van der Waals surface area contributed by atoms with Crippen molar-refractivity contribution in [2.24, 2.45) is 0 Å². The van der Waals surface area contributed by atoms with E-state index < -0.39 is 0 Å². The molecule has 4 rings (SSSR count). The molecule has 1 atom stereocenters. The molecule has 1 aromatic heterocycles. The van der Waals surface area contributed by atoms with Crippen LogP contribution in [0, 0.1) is 5.82 Å². The van der Waals surface area contributed by atoms with Crippen LogP contribution in [0.1, 0.15) is 18.5 Å². The van der Waals surface area contributed by atoms with Crippen LogP contribution in [-0.2, 0) is 0 Å². The Bertz CT molecular complexity index is 1030. The minimum atomic E-state index is -0.322. The Morgan fingerprint density at radius 3 is 2.31 bits per heavy atom. The third-order valence-electron chi connectivity index (χ3n) is 5.46. The van der Waals surface area contributed by atoms with Crippen LogP contribution in [-0.4, -0.2) is 40.9 Å². The molecule has 0 amide bonds. The van der Waals surface area contributed by atoms with Crippen LogP contribution >= 0.6 is 11.6 Å². The van der Waals surface area contributed by atoms with Crippen LogP contribution in [0.25, 0.3) is 5.69 Å². The minimum absolute atomic E-state index is 0.184. The van der Waals surface area contributed by atoms with Crippen molar-refractivity contribution in [3.05, 3.63) is 87.6 Å². The zero-order valence-corrected chi connectivity index (χ0v) is 16.9. The van der Waals surface area contributed by atoms with E-state index in [2.05, 4.69) is 21.8 Å². The van der Waals surface area contributed by atoms with Crippen LogP contribution in [0.15, 0.2) is 65.6 Å². The zero-order valence-electron chi connectivity index (χ0n) is 16.1. The molecule has 150 valence electrons. The van der Waals surface area contributed by atoms with Crippen molar-refractivity contribution in [1.29, 1.82) is 0 Å². The van der Waals surface area contributed by atoms with Crippen molar-refractivity contribution >= 4 is 17.3 Å². The van der Waals surface area contributed by atoms with E-state index in [-0.39, 0.29) is 22.4 Å². The van der Waals surface area contributed by atoms with Gasteiger partial charge in [-0.1, -0.05) is 41.9 Å². The normalized spacial score (nSPS) is 16.0. The standard InChI is InChI=1S/C22H22ClFN4O/c1-16(17-7-9-18(24)10-8-17)26-11-13-27(14-12-26)20-15-25-28(22(29)21(20)23)19-5-3-2-4-6-19/h2-10,15-16H,11-14H2,1H3. The second kappa shape index (κ2) is 8.35. The quantitative estimate of drug-likeness (QED) is 0.651. The molecule has 5 nitrogen and oxygen atoms in total. The predicted molar refractivity (Wildman–Crippen MR) is 113 cm³/mol. The minimum Gasteiger partial charge on any atom is -0.366 e. The molecule has 3 aromatic rings. The average Bonchev–Trinajstić information content (AvgIpc) is 2.76. The van der Waals surface area contributed by atoms with Crippen LogP contribution in [0.4, 0.5) is 10.1 Å². The highest BCUT2D eigenvalue weighted by Gasteiger charge is 2.24. The molecule has 0 radical (unpaired) electrons. The Morgan fingerprint density at radius 2 is 1.66 bits per heavy atom. The molecule has 7 heteroatoms. The number of aromatic nitrogens is 2. The summed E-state index contributed by atoms with van der Waals surface area (Å²) in [5.74, 6) is -0.224. The maximum Gasteiger partial charge on any atom is 0.292 e. The summed E-state index contributed by atoms with van der Waals surface area (Å²) >= 11 is 6.43. The van der Waals surface area contributed by atoms with Crippen LogP contribution in [0.2, 0.25) is 5.02 Å². The first-order valence-electron chi connectivity index (χ1n) is 9.62. The molecule has 0 bridgehead atoms. The van der Waals surface area contributed by atoms with Gasteiger partial charge in [-0.05, 0) is 36.8 Å². The first-order chi connectivity index (χ1) is 14.0. The number of hydrogen-bond acceptors (Lipinski definition) is 4. The number of rotatable bonds is 4. The summed E-state index contributed by atoms with van der Waals surface area (Å²) in [5.41, 5.74) is 2.12. The maximum atomic E-state index is 13.2. The second-order valence-electron chi connectivity index (χ2n) is 7.15. The van der Waals surface area contributed by atoms with Gasteiger partial charge >= 0.3 is 0 Å². The molecule has 1 aliphatic rings. The van der Waals surface area contributed by atoms with Crippen molar-refractivity contribution in [3.8, 4) is 5.69 Å². The summed E-state index contributed by atoms with van der Waals surface area (Å²) in [6, 6.07) is 16.1. The summed E-state index contributed by atoms with van der Waals surface area (Å²) in [4.78, 5) is 17.2. The van der Waals surface area contributed by atoms with Gasteiger partial charge in [0.1, 0.15) is 10.8 Å². The molecule has 0 N–H and O–H groups in total. The number of halogens is 2. The summed E-state index contributed by atoms with van der Waals surface area (Å²) in [7, 11) is 0. The fourth-order valence-corrected chi connectivity index (χ4v) is 3.95. The lowest BCUT2D eigenvalue weighted by Gasteiger charge is -2.39. The number of para-hydroxylation sites is 1. The summed E-state index contributed by atoms with van der Waals surface area (Å²) in [5, 5.41) is 4.51. The van der Waals surface area contributed by atoms with Gasteiger partial charge in [-0.2, -0.15) is 9.78 Å². The molecule has 29 heavy (non-hydrogen) atoms. The van der Waals surface area contributed by atoms with Gasteiger partial charge in [-0.15, -0.1) is 0 Å². The topological polar surface area (TPSA) is 41.4 Å². The highest BCUT2D eigenvalue weighted by atomic mass is 35.5. The number of hydrogen-bond donors (Lipinski definition) is 0. The number of anilines is 1. The first-order valence-corrected chi connectivity index (χ1v) is 10.00. The number of piperazine rings is 1. The molecule has 2 aromatic carbocycles. The third-order valence-corrected chi connectivity index (χ3v) is 5.81. The zero-order chi connectivity index (χ0) is 20.4. The van der Waals surface area contributed by atoms with Crippen LogP contribution in [0.5, 0.6) is 0 Å². The summed E-state index contributed by atoms with van der Waals surface area (Å²) in [6.45, 7) is 5.23. The lowest BCUT2D eigenvalue weighted by Crippen LogP contribution is -2.47. The molecule has 2 heterocycles. The second-order valence-corrected chi connectivity index (χ2v) is 7.52. The summed E-state index contributed by atoms with van der Waals surface area (Å²) in [6.07, 6.45) is 1.66. The van der Waals surface area contributed by atoms with Crippen molar-refractivity contribution in [2.45, 2.75) is 13.0 Å². The largest absolute Gasteiger partial charge is 0.366 e. The Kier molecular flexibility index (Phi) is 5.65. The van der Waals surface area contributed by atoms with Crippen LogP contribution < -0.4 is 10.5 Å². The smallest absolute Gasteiger partial charge is 0.292 e. The van der Waals surface area contributed by atoms with E-state index in [1.165, 1.54) is 16.8 Å². The van der Waals surface area contributed by atoms with Gasteiger partial charge in [0, 0.05) is 32.2 Å². The van der Waals surface area contributed by atoms with Crippen molar-refractivity contribution in [2.75, 3.05) is 31.1 Å². The highest BCUT2D eigenvalue weighted by Crippen LogP contribution is 2.26. The molecule has 0 aliphatic carbocycles. The lowest BCUT2D eigenvalue weighted by atomic mass is 10.1. The molecular weight excluding hydrogens is 391 g/mol. The molecule has 0 saturated carbocycles. The highest BCUT2D eigenvalue weighted by molar-refractivity contribution is 6.33. The van der Waals surface area contributed by atoms with E-state index in [0.29, 0.717) is 11.4 Å². The van der Waals surface area contributed by atoms with Gasteiger partial charge in [-0.3, -0.25) is 9.69 Å². The Morgan fingerprint density at radius 1 is 1.00 bits per heavy atom. The summed E-state index contributed by atoms with van der Waals surface area (Å²) < 4.78 is 14.5. The Labute approximate surface area is 173 Å². The van der Waals surface area contributed by atoms with Gasteiger partial charge in [0.15, 0.2) is 0 Å². The van der Waals surface area contributed by atoms with E-state index in [1.807, 2.05) is 42.5 Å². The SMILES string of the molecule is CC(c1ccc(F)cc1)N1CCN(c2cnn(-c3ccccc3)c(=O)c2Cl)CC1. The monoisotopic (exact) mass is 412 g/mol. The first kappa shape index (κ1) is 19.6. The average molecular weight is 413 g/mol. The van der Waals surface area contributed by atoms with E-state index in [4.69, 9.17) is 11.6 Å².